The van der Waals surface area contributed by atoms with E-state index in [2.05, 4.69) is 40.8 Å². The highest BCUT2D eigenvalue weighted by Crippen LogP contribution is 2.43. The average molecular weight is 376 g/mol. The van der Waals surface area contributed by atoms with E-state index >= 15 is 0 Å². The minimum Gasteiger partial charge on any atom is -0.546 e. The lowest BCUT2D eigenvalue weighted by atomic mass is 9.96. The average Bonchev–Trinajstić information content (AvgIpc) is 2.86. The number of hydrogen-bond acceptors (Lipinski definition) is 4. The van der Waals surface area contributed by atoms with E-state index in [0.29, 0.717) is 12.0 Å². The van der Waals surface area contributed by atoms with E-state index in [9.17, 15) is 14.9 Å². The van der Waals surface area contributed by atoms with E-state index < -0.39 is 13.2 Å². The Hall–Kier alpha value is -1.95. The number of hydrogen-bond donors (Lipinski definition) is 0. The van der Waals surface area contributed by atoms with Crippen molar-refractivity contribution in [2.24, 2.45) is 5.92 Å². The van der Waals surface area contributed by atoms with Gasteiger partial charge in [0.2, 0.25) is 8.32 Å². The SMILES string of the molecule is CC1=C(O[Si](C)(C)C(C)(C)C)C(CC(=O)c2ccc([N+](=O)[O-])cc2)CC1. The van der Waals surface area contributed by atoms with Gasteiger partial charge < -0.3 is 4.43 Å². The maximum atomic E-state index is 12.7. The summed E-state index contributed by atoms with van der Waals surface area (Å²) in [6.07, 6.45) is 2.27. The van der Waals surface area contributed by atoms with Crippen molar-refractivity contribution >= 4 is 19.8 Å². The smallest absolute Gasteiger partial charge is 0.269 e. The van der Waals surface area contributed by atoms with E-state index in [1.54, 1.807) is 12.1 Å². The Morgan fingerprint density at radius 2 is 1.85 bits per heavy atom. The fourth-order valence-electron chi connectivity index (χ4n) is 2.90. The van der Waals surface area contributed by atoms with Crippen molar-refractivity contribution < 1.29 is 14.1 Å². The highest BCUT2D eigenvalue weighted by molar-refractivity contribution is 6.74. The summed E-state index contributed by atoms with van der Waals surface area (Å²) in [4.78, 5) is 23.0. The summed E-state index contributed by atoms with van der Waals surface area (Å²) >= 11 is 0. The largest absolute Gasteiger partial charge is 0.546 e. The van der Waals surface area contributed by atoms with Crippen LogP contribution in [0.15, 0.2) is 35.6 Å². The Labute approximate surface area is 156 Å². The molecule has 0 spiro atoms. The molecule has 0 aliphatic heterocycles. The summed E-state index contributed by atoms with van der Waals surface area (Å²) in [5.74, 6) is 1.12. The van der Waals surface area contributed by atoms with Gasteiger partial charge >= 0.3 is 0 Å². The number of nitro groups is 1. The van der Waals surface area contributed by atoms with Crippen LogP contribution in [-0.4, -0.2) is 19.0 Å². The summed E-state index contributed by atoms with van der Waals surface area (Å²) in [6, 6.07) is 5.85. The number of rotatable bonds is 6. The van der Waals surface area contributed by atoms with Gasteiger partial charge in [0.1, 0.15) is 0 Å². The molecule has 26 heavy (non-hydrogen) atoms. The molecule has 1 unspecified atom stereocenters. The van der Waals surface area contributed by atoms with Crippen LogP contribution in [0.4, 0.5) is 5.69 Å². The van der Waals surface area contributed by atoms with Gasteiger partial charge in [0, 0.05) is 30.0 Å². The molecular formula is C20H29NO4Si. The second kappa shape index (κ2) is 7.35. The Kier molecular flexibility index (Phi) is 5.75. The molecule has 0 fully saturated rings. The van der Waals surface area contributed by atoms with Crippen LogP contribution in [0.3, 0.4) is 0 Å². The van der Waals surface area contributed by atoms with Crippen LogP contribution in [-0.2, 0) is 4.43 Å². The van der Waals surface area contributed by atoms with Crippen molar-refractivity contribution in [2.45, 2.75) is 65.1 Å². The van der Waals surface area contributed by atoms with Gasteiger partial charge in [-0.3, -0.25) is 14.9 Å². The van der Waals surface area contributed by atoms with Crippen molar-refractivity contribution in [3.8, 4) is 0 Å². The summed E-state index contributed by atoms with van der Waals surface area (Å²) in [5.41, 5.74) is 1.77. The maximum Gasteiger partial charge on any atom is 0.269 e. The van der Waals surface area contributed by atoms with Gasteiger partial charge in [-0.2, -0.15) is 0 Å². The molecule has 0 saturated heterocycles. The number of carbonyl (C=O) groups excluding carboxylic acids is 1. The van der Waals surface area contributed by atoms with Crippen LogP contribution in [0, 0.1) is 16.0 Å². The van der Waals surface area contributed by atoms with E-state index in [1.165, 1.54) is 17.7 Å². The number of non-ortho nitro benzene ring substituents is 1. The van der Waals surface area contributed by atoms with Gasteiger partial charge in [0.05, 0.1) is 10.7 Å². The predicted molar refractivity (Wildman–Crippen MR) is 106 cm³/mol. The first-order chi connectivity index (χ1) is 11.9. The van der Waals surface area contributed by atoms with E-state index in [4.69, 9.17) is 4.43 Å². The number of ketones is 1. The minimum atomic E-state index is -1.95. The Balaban J connectivity index is 2.13. The molecule has 1 aromatic carbocycles. The molecule has 0 saturated carbocycles. The van der Waals surface area contributed by atoms with Crippen LogP contribution < -0.4 is 0 Å². The maximum absolute atomic E-state index is 12.7. The summed E-state index contributed by atoms with van der Waals surface area (Å²) in [7, 11) is -1.95. The number of benzene rings is 1. The van der Waals surface area contributed by atoms with E-state index in [1.807, 2.05) is 0 Å². The fraction of sp³-hybridized carbons (Fsp3) is 0.550. The highest BCUT2D eigenvalue weighted by atomic mass is 28.4. The molecule has 0 aromatic heterocycles. The van der Waals surface area contributed by atoms with Gasteiger partial charge in [-0.1, -0.05) is 20.8 Å². The molecule has 1 aliphatic carbocycles. The Bertz CT molecular complexity index is 729. The first-order valence-electron chi connectivity index (χ1n) is 9.08. The molecule has 1 aromatic rings. The van der Waals surface area contributed by atoms with E-state index in [0.717, 1.165) is 18.6 Å². The molecule has 1 atom stereocenters. The third kappa shape index (κ3) is 4.41. The molecule has 2 rings (SSSR count). The Morgan fingerprint density at radius 1 is 1.27 bits per heavy atom. The number of allylic oxidation sites excluding steroid dienone is 2. The second-order valence-electron chi connectivity index (χ2n) is 8.67. The molecule has 0 heterocycles. The van der Waals surface area contributed by atoms with Gasteiger partial charge in [0.25, 0.3) is 5.69 Å². The van der Waals surface area contributed by atoms with Gasteiger partial charge in [-0.15, -0.1) is 0 Å². The molecule has 1 aliphatic rings. The lowest BCUT2D eigenvalue weighted by molar-refractivity contribution is -0.384. The fourth-order valence-corrected chi connectivity index (χ4v) is 4.09. The molecule has 6 heteroatoms. The third-order valence-corrected chi connectivity index (χ3v) is 10.0. The number of nitro benzene ring substituents is 1. The summed E-state index contributed by atoms with van der Waals surface area (Å²) in [6.45, 7) is 13.2. The first kappa shape index (κ1) is 20.4. The second-order valence-corrected chi connectivity index (χ2v) is 13.4. The molecule has 0 amide bonds. The van der Waals surface area contributed by atoms with Gasteiger partial charge in [0.15, 0.2) is 5.78 Å². The zero-order chi connectivity index (χ0) is 19.7. The molecule has 0 N–H and O–H groups in total. The van der Waals surface area contributed by atoms with Crippen LogP contribution in [0.2, 0.25) is 18.1 Å². The number of Topliss-reactive ketones (excluding diaryl/α,β-unsaturated/α-hetero) is 1. The molecule has 142 valence electrons. The quantitative estimate of drug-likeness (QED) is 0.270. The van der Waals surface area contributed by atoms with Gasteiger partial charge in [-0.25, -0.2) is 0 Å². The predicted octanol–water partition coefficient (Wildman–Crippen LogP) is 5.87. The van der Waals surface area contributed by atoms with Crippen molar-refractivity contribution in [1.82, 2.24) is 0 Å². The Morgan fingerprint density at radius 3 is 2.35 bits per heavy atom. The minimum absolute atomic E-state index is 0.0000980. The number of carbonyl (C=O) groups is 1. The van der Waals surface area contributed by atoms with Crippen molar-refractivity contribution in [3.05, 3.63) is 51.3 Å². The third-order valence-electron chi connectivity index (χ3n) is 5.66. The van der Waals surface area contributed by atoms with Crippen LogP contribution in [0.1, 0.15) is 57.3 Å². The lowest BCUT2D eigenvalue weighted by Crippen LogP contribution is -2.41. The lowest BCUT2D eigenvalue weighted by Gasteiger charge is -2.38. The molecular weight excluding hydrogens is 346 g/mol. The van der Waals surface area contributed by atoms with Crippen LogP contribution in [0.5, 0.6) is 0 Å². The zero-order valence-corrected chi connectivity index (χ0v) is 17.6. The molecule has 0 radical (unpaired) electrons. The zero-order valence-electron chi connectivity index (χ0n) is 16.6. The van der Waals surface area contributed by atoms with Crippen LogP contribution >= 0.6 is 0 Å². The van der Waals surface area contributed by atoms with Crippen molar-refractivity contribution in [2.75, 3.05) is 0 Å². The molecule has 0 bridgehead atoms. The highest BCUT2D eigenvalue weighted by Gasteiger charge is 2.41. The monoisotopic (exact) mass is 375 g/mol. The van der Waals surface area contributed by atoms with E-state index in [-0.39, 0.29) is 22.4 Å². The summed E-state index contributed by atoms with van der Waals surface area (Å²) < 4.78 is 6.55. The standard InChI is InChI=1S/C20H29NO4Si/c1-14-7-8-16(19(14)25-26(5,6)20(2,3)4)13-18(22)15-9-11-17(12-10-15)21(23)24/h9-12,16H,7-8,13H2,1-6H3. The van der Waals surface area contributed by atoms with Crippen molar-refractivity contribution in [1.29, 1.82) is 0 Å². The number of nitrogens with zero attached hydrogens (tertiary/aromatic N) is 1. The van der Waals surface area contributed by atoms with Gasteiger partial charge in [-0.05, 0) is 55.6 Å². The van der Waals surface area contributed by atoms with Crippen LogP contribution in [0.25, 0.3) is 0 Å². The normalized spacial score (nSPS) is 18.2. The first-order valence-corrected chi connectivity index (χ1v) is 12.0. The molecule has 5 nitrogen and oxygen atoms in total. The topological polar surface area (TPSA) is 69.4 Å². The summed E-state index contributed by atoms with van der Waals surface area (Å²) in [5, 5.41) is 10.9. The van der Waals surface area contributed by atoms with Crippen molar-refractivity contribution in [3.63, 3.8) is 0 Å².